The van der Waals surface area contributed by atoms with Crippen LogP contribution in [-0.4, -0.2) is 19.0 Å². The molecule has 0 bridgehead atoms. The normalized spacial score (nSPS) is 18.8. The number of nitrogens with one attached hydrogen (secondary N) is 2. The van der Waals surface area contributed by atoms with Gasteiger partial charge in [-0.3, -0.25) is 4.79 Å². The molecule has 19 heavy (non-hydrogen) atoms. The van der Waals surface area contributed by atoms with Crippen molar-refractivity contribution in [2.24, 2.45) is 5.92 Å². The number of hydrogen-bond donors (Lipinski definition) is 2. The van der Waals surface area contributed by atoms with E-state index in [1.54, 1.807) is 6.07 Å². The fourth-order valence-electron chi connectivity index (χ4n) is 2.24. The highest BCUT2D eigenvalue weighted by molar-refractivity contribution is 5.85. The van der Waals surface area contributed by atoms with Crippen LogP contribution in [0.5, 0.6) is 0 Å². The van der Waals surface area contributed by atoms with Gasteiger partial charge in [-0.15, -0.1) is 12.4 Å². The molecule has 0 aromatic heterocycles. The van der Waals surface area contributed by atoms with Gasteiger partial charge >= 0.3 is 0 Å². The fraction of sp³-hybridized carbons (Fsp3) is 0.500. The highest BCUT2D eigenvalue weighted by Gasteiger charge is 2.29. The summed E-state index contributed by atoms with van der Waals surface area (Å²) in [6.45, 7) is 5.40. The van der Waals surface area contributed by atoms with Crippen molar-refractivity contribution >= 4 is 18.3 Å². The van der Waals surface area contributed by atoms with Crippen LogP contribution in [0, 0.1) is 11.7 Å². The maximum atomic E-state index is 13.2. The summed E-state index contributed by atoms with van der Waals surface area (Å²) >= 11 is 0. The SMILES string of the molecule is CC(C)(NC(=O)C1CCNC1)c1cccc(F)c1.Cl. The summed E-state index contributed by atoms with van der Waals surface area (Å²) in [6, 6.07) is 6.36. The molecule has 2 rings (SSSR count). The molecule has 0 spiro atoms. The molecule has 1 aromatic rings. The van der Waals surface area contributed by atoms with Crippen molar-refractivity contribution in [3.63, 3.8) is 0 Å². The van der Waals surface area contributed by atoms with Gasteiger partial charge in [-0.25, -0.2) is 4.39 Å². The standard InChI is InChI=1S/C14H19FN2O.ClH/c1-14(2,11-4-3-5-12(15)8-11)17-13(18)10-6-7-16-9-10;/h3-5,8,10,16H,6-7,9H2,1-2H3,(H,17,18);1H. The van der Waals surface area contributed by atoms with Crippen LogP contribution < -0.4 is 10.6 Å². The van der Waals surface area contributed by atoms with E-state index in [1.165, 1.54) is 12.1 Å². The van der Waals surface area contributed by atoms with Crippen LogP contribution in [0.4, 0.5) is 4.39 Å². The second kappa shape index (κ2) is 6.35. The van der Waals surface area contributed by atoms with Gasteiger partial charge in [0.2, 0.25) is 5.91 Å². The molecule has 0 saturated carbocycles. The lowest BCUT2D eigenvalue weighted by molar-refractivity contribution is -0.126. The number of carbonyl (C=O) groups excluding carboxylic acids is 1. The van der Waals surface area contributed by atoms with Crippen LogP contribution in [0.25, 0.3) is 0 Å². The van der Waals surface area contributed by atoms with Gasteiger partial charge in [-0.05, 0) is 44.5 Å². The number of hydrogen-bond acceptors (Lipinski definition) is 2. The zero-order valence-corrected chi connectivity index (χ0v) is 12.0. The van der Waals surface area contributed by atoms with Crippen LogP contribution in [0.1, 0.15) is 25.8 Å². The summed E-state index contributed by atoms with van der Waals surface area (Å²) in [6.07, 6.45) is 0.866. The maximum Gasteiger partial charge on any atom is 0.225 e. The summed E-state index contributed by atoms with van der Waals surface area (Å²) in [7, 11) is 0. The lowest BCUT2D eigenvalue weighted by atomic mass is 9.93. The van der Waals surface area contributed by atoms with E-state index in [0.29, 0.717) is 0 Å². The van der Waals surface area contributed by atoms with Gasteiger partial charge in [0.05, 0.1) is 11.5 Å². The molecule has 1 saturated heterocycles. The van der Waals surface area contributed by atoms with Gasteiger partial charge < -0.3 is 10.6 Å². The largest absolute Gasteiger partial charge is 0.347 e. The molecule has 1 aliphatic heterocycles. The van der Waals surface area contributed by atoms with E-state index < -0.39 is 5.54 Å². The molecule has 1 unspecified atom stereocenters. The second-order valence-electron chi connectivity index (χ2n) is 5.31. The van der Waals surface area contributed by atoms with Crippen LogP contribution in [0.15, 0.2) is 24.3 Å². The zero-order valence-electron chi connectivity index (χ0n) is 11.2. The second-order valence-corrected chi connectivity index (χ2v) is 5.31. The Morgan fingerprint density at radius 2 is 2.21 bits per heavy atom. The van der Waals surface area contributed by atoms with E-state index in [1.807, 2.05) is 19.9 Å². The molecule has 2 N–H and O–H groups in total. The average molecular weight is 287 g/mol. The summed E-state index contributed by atoms with van der Waals surface area (Å²) in [5.74, 6) is -0.218. The quantitative estimate of drug-likeness (QED) is 0.894. The first-order chi connectivity index (χ1) is 8.49. The Balaban J connectivity index is 0.00000180. The van der Waals surface area contributed by atoms with E-state index in [0.717, 1.165) is 25.1 Å². The Labute approximate surface area is 119 Å². The van der Waals surface area contributed by atoms with Gasteiger partial charge in [0.25, 0.3) is 0 Å². The average Bonchev–Trinajstić information content (AvgIpc) is 2.82. The van der Waals surface area contributed by atoms with Gasteiger partial charge in [0.1, 0.15) is 5.82 Å². The van der Waals surface area contributed by atoms with Gasteiger partial charge in [-0.1, -0.05) is 12.1 Å². The Kier molecular flexibility index (Phi) is 5.32. The molecule has 0 aliphatic carbocycles. The third kappa shape index (κ3) is 3.91. The topological polar surface area (TPSA) is 41.1 Å². The highest BCUT2D eigenvalue weighted by atomic mass is 35.5. The van der Waals surface area contributed by atoms with E-state index in [-0.39, 0.29) is 30.0 Å². The lowest BCUT2D eigenvalue weighted by Gasteiger charge is -2.28. The van der Waals surface area contributed by atoms with E-state index >= 15 is 0 Å². The number of benzene rings is 1. The first-order valence-corrected chi connectivity index (χ1v) is 6.28. The molecule has 3 nitrogen and oxygen atoms in total. The fourth-order valence-corrected chi connectivity index (χ4v) is 2.24. The predicted molar refractivity (Wildman–Crippen MR) is 75.8 cm³/mol. The maximum absolute atomic E-state index is 13.2. The smallest absolute Gasteiger partial charge is 0.225 e. The molecule has 0 radical (unpaired) electrons. The molecular formula is C14H20ClFN2O. The molecule has 1 fully saturated rings. The summed E-state index contributed by atoms with van der Waals surface area (Å²) in [4.78, 5) is 12.1. The van der Waals surface area contributed by atoms with Crippen molar-refractivity contribution in [1.29, 1.82) is 0 Å². The third-order valence-corrected chi connectivity index (χ3v) is 3.41. The first kappa shape index (κ1) is 15.9. The number of halogens is 2. The predicted octanol–water partition coefficient (Wildman–Crippen LogP) is 2.21. The Hall–Kier alpha value is -1.13. The minimum Gasteiger partial charge on any atom is -0.347 e. The van der Waals surface area contributed by atoms with E-state index in [4.69, 9.17) is 0 Å². The lowest BCUT2D eigenvalue weighted by Crippen LogP contribution is -2.44. The van der Waals surface area contributed by atoms with Gasteiger partial charge in [0.15, 0.2) is 0 Å². The van der Waals surface area contributed by atoms with Crippen molar-refractivity contribution in [1.82, 2.24) is 10.6 Å². The third-order valence-electron chi connectivity index (χ3n) is 3.41. The van der Waals surface area contributed by atoms with Crippen LogP contribution in [-0.2, 0) is 10.3 Å². The van der Waals surface area contributed by atoms with Crippen molar-refractivity contribution < 1.29 is 9.18 Å². The Morgan fingerprint density at radius 3 is 2.79 bits per heavy atom. The molecule has 1 aliphatic rings. The van der Waals surface area contributed by atoms with E-state index in [2.05, 4.69) is 10.6 Å². The molecule has 5 heteroatoms. The number of carbonyl (C=O) groups is 1. The summed E-state index contributed by atoms with van der Waals surface area (Å²) < 4.78 is 13.2. The van der Waals surface area contributed by atoms with Crippen molar-refractivity contribution in [2.45, 2.75) is 25.8 Å². The molecular weight excluding hydrogens is 267 g/mol. The molecule has 106 valence electrons. The van der Waals surface area contributed by atoms with Gasteiger partial charge in [0, 0.05) is 6.54 Å². The van der Waals surface area contributed by atoms with Crippen molar-refractivity contribution in [2.75, 3.05) is 13.1 Å². The summed E-state index contributed by atoms with van der Waals surface area (Å²) in [5, 5.41) is 6.16. The van der Waals surface area contributed by atoms with Crippen molar-refractivity contribution in [3.05, 3.63) is 35.6 Å². The Morgan fingerprint density at radius 1 is 1.47 bits per heavy atom. The molecule has 1 atom stereocenters. The number of amides is 1. The van der Waals surface area contributed by atoms with Gasteiger partial charge in [-0.2, -0.15) is 0 Å². The Bertz CT molecular complexity index is 445. The number of rotatable bonds is 3. The van der Waals surface area contributed by atoms with Crippen LogP contribution in [0.2, 0.25) is 0 Å². The minimum atomic E-state index is -0.554. The van der Waals surface area contributed by atoms with Crippen molar-refractivity contribution in [3.8, 4) is 0 Å². The summed E-state index contributed by atoms with van der Waals surface area (Å²) in [5.41, 5.74) is 0.226. The first-order valence-electron chi connectivity index (χ1n) is 6.28. The van der Waals surface area contributed by atoms with Crippen LogP contribution >= 0.6 is 12.4 Å². The molecule has 1 amide bonds. The van der Waals surface area contributed by atoms with E-state index in [9.17, 15) is 9.18 Å². The molecule has 1 heterocycles. The monoisotopic (exact) mass is 286 g/mol. The minimum absolute atomic E-state index is 0. The highest BCUT2D eigenvalue weighted by Crippen LogP contribution is 2.22. The zero-order chi connectivity index (χ0) is 13.2. The molecule has 1 aromatic carbocycles. The van der Waals surface area contributed by atoms with Crippen LogP contribution in [0.3, 0.4) is 0 Å².